The molecule has 1 N–H and O–H groups in total. The van der Waals surface area contributed by atoms with Crippen molar-refractivity contribution in [3.05, 3.63) is 35.6 Å². The molecule has 47 heavy (non-hydrogen) atoms. The maximum atomic E-state index is 11.1. The van der Waals surface area contributed by atoms with Gasteiger partial charge in [0.05, 0.1) is 19.3 Å². The summed E-state index contributed by atoms with van der Waals surface area (Å²) in [5.74, 6) is -1.88. The van der Waals surface area contributed by atoms with E-state index in [1.807, 2.05) is 27.7 Å². The first kappa shape index (κ1) is 32.4. The van der Waals surface area contributed by atoms with Crippen molar-refractivity contribution in [2.45, 2.75) is 95.3 Å². The summed E-state index contributed by atoms with van der Waals surface area (Å²) in [6.07, 6.45) is 2.44. The van der Waals surface area contributed by atoms with Gasteiger partial charge in [-0.3, -0.25) is 13.9 Å². The maximum absolute atomic E-state index is 11.1. The van der Waals surface area contributed by atoms with E-state index >= 15 is 0 Å². The number of carbonyl (C=O) groups excluding carboxylic acids is 1. The van der Waals surface area contributed by atoms with Crippen LogP contribution in [0.1, 0.15) is 47.1 Å². The molecule has 4 aliphatic rings. The summed E-state index contributed by atoms with van der Waals surface area (Å²) in [4.78, 5) is 35.9. The number of rotatable bonds is 5. The number of imidazole rings is 2. The average molecular weight is 696 g/mol. The zero-order valence-corrected chi connectivity index (χ0v) is 27.4. The van der Waals surface area contributed by atoms with E-state index in [2.05, 4.69) is 29.9 Å². The van der Waals surface area contributed by atoms with Gasteiger partial charge in [0.25, 0.3) is 0 Å². The quantitative estimate of drug-likeness (QED) is 0.236. The van der Waals surface area contributed by atoms with Crippen molar-refractivity contribution in [3.8, 4) is 0 Å². The van der Waals surface area contributed by atoms with Crippen molar-refractivity contribution in [1.29, 1.82) is 0 Å². The molecule has 0 amide bonds. The third-order valence-electron chi connectivity index (χ3n) is 8.06. The largest absolute Gasteiger partial charge is 0.463 e. The van der Waals surface area contributed by atoms with E-state index in [4.69, 9.17) is 56.4 Å². The lowest BCUT2D eigenvalue weighted by molar-refractivity contribution is -0.201. The summed E-state index contributed by atoms with van der Waals surface area (Å²) in [6, 6.07) is 0. The molecule has 17 nitrogen and oxygen atoms in total. The fourth-order valence-electron chi connectivity index (χ4n) is 6.27. The molecule has 0 aromatic carbocycles. The van der Waals surface area contributed by atoms with Crippen molar-refractivity contribution in [3.63, 3.8) is 0 Å². The minimum atomic E-state index is -0.769. The van der Waals surface area contributed by atoms with Gasteiger partial charge in [0.1, 0.15) is 66.9 Å². The van der Waals surface area contributed by atoms with Crippen molar-refractivity contribution >= 4 is 51.5 Å². The summed E-state index contributed by atoms with van der Waals surface area (Å²) in [5, 5.41) is 10.1. The number of hydrogen-bond acceptors (Lipinski definition) is 15. The Bertz CT molecular complexity index is 1800. The molecule has 4 aliphatic heterocycles. The van der Waals surface area contributed by atoms with Crippen molar-refractivity contribution in [1.82, 2.24) is 39.0 Å². The van der Waals surface area contributed by atoms with Gasteiger partial charge in [-0.25, -0.2) is 29.9 Å². The highest BCUT2D eigenvalue weighted by atomic mass is 35.5. The fraction of sp³-hybridized carbons (Fsp3) is 0.607. The van der Waals surface area contributed by atoms with Gasteiger partial charge in [-0.05, 0) is 27.7 Å². The summed E-state index contributed by atoms with van der Waals surface area (Å²) in [5.41, 5.74) is 2.06. The second-order valence-electron chi connectivity index (χ2n) is 12.2. The number of ether oxygens (including phenoxy) is 7. The lowest BCUT2D eigenvalue weighted by atomic mass is 10.1. The van der Waals surface area contributed by atoms with Gasteiger partial charge >= 0.3 is 5.97 Å². The monoisotopic (exact) mass is 694 g/mol. The molecule has 0 spiro atoms. The van der Waals surface area contributed by atoms with Gasteiger partial charge in [0, 0.05) is 6.92 Å². The van der Waals surface area contributed by atoms with E-state index in [9.17, 15) is 9.90 Å². The lowest BCUT2D eigenvalue weighted by Crippen LogP contribution is -2.33. The summed E-state index contributed by atoms with van der Waals surface area (Å²) in [7, 11) is 0. The van der Waals surface area contributed by atoms with Crippen LogP contribution in [0, 0.1) is 0 Å². The zero-order chi connectivity index (χ0) is 33.2. The third-order valence-corrected chi connectivity index (χ3v) is 8.61. The van der Waals surface area contributed by atoms with Crippen LogP contribution >= 0.6 is 23.2 Å². The topological polar surface area (TPSA) is 189 Å². The minimum Gasteiger partial charge on any atom is -0.463 e. The van der Waals surface area contributed by atoms with Gasteiger partial charge in [-0.15, -0.1) is 0 Å². The van der Waals surface area contributed by atoms with Crippen LogP contribution in [0.15, 0.2) is 25.3 Å². The van der Waals surface area contributed by atoms with E-state index in [-0.39, 0.29) is 47.8 Å². The molecule has 252 valence electrons. The Morgan fingerprint density at radius 1 is 0.766 bits per heavy atom. The van der Waals surface area contributed by atoms with Crippen LogP contribution in [0.5, 0.6) is 0 Å². The van der Waals surface area contributed by atoms with Crippen LogP contribution in [0.2, 0.25) is 10.3 Å². The highest BCUT2D eigenvalue weighted by Crippen LogP contribution is 2.45. The van der Waals surface area contributed by atoms with Crippen LogP contribution in [0.25, 0.3) is 22.3 Å². The number of carbonyl (C=O) groups is 1. The number of esters is 1. The molecule has 0 saturated carbocycles. The second-order valence-corrected chi connectivity index (χ2v) is 12.9. The first-order valence-electron chi connectivity index (χ1n) is 14.8. The van der Waals surface area contributed by atoms with Gasteiger partial charge < -0.3 is 38.3 Å². The Labute approximate surface area is 277 Å². The van der Waals surface area contributed by atoms with E-state index in [0.717, 1.165) is 0 Å². The molecular formula is C28H32Cl2N8O9. The average Bonchev–Trinajstić information content (AvgIpc) is 3.84. The third kappa shape index (κ3) is 5.93. The number of fused-ring (bicyclic) bond motifs is 4. The molecule has 8 rings (SSSR count). The molecule has 0 radical (unpaired) electrons. The predicted molar refractivity (Wildman–Crippen MR) is 160 cm³/mol. The Morgan fingerprint density at radius 2 is 1.21 bits per heavy atom. The van der Waals surface area contributed by atoms with Crippen LogP contribution in [-0.2, 0) is 38.0 Å². The maximum Gasteiger partial charge on any atom is 0.302 e. The smallest absolute Gasteiger partial charge is 0.302 e. The highest BCUT2D eigenvalue weighted by molar-refractivity contribution is 6.33. The lowest BCUT2D eigenvalue weighted by Gasteiger charge is -2.24. The highest BCUT2D eigenvalue weighted by Gasteiger charge is 2.57. The SMILES string of the molecule is CC(=O)OC[C@H]1O[C@@H](n2cnc3c(Cl)ncnc32)[C@@H]2OC(C)(C)O[C@@H]21.CC1(C)O[C@@H]2[C@H](O1)[C@@H](CO)O[C@H]2n1cnc2c(Cl)ncnc21. The number of nitrogens with zero attached hydrogens (tertiary/aromatic N) is 8. The second kappa shape index (κ2) is 12.1. The van der Waals surface area contributed by atoms with Crippen LogP contribution < -0.4 is 0 Å². The Hall–Kier alpha value is -3.13. The molecule has 4 aromatic heterocycles. The number of halogens is 2. The minimum absolute atomic E-state index is 0.0782. The first-order valence-corrected chi connectivity index (χ1v) is 15.5. The molecule has 4 fully saturated rings. The van der Waals surface area contributed by atoms with Crippen LogP contribution in [0.3, 0.4) is 0 Å². The van der Waals surface area contributed by atoms with E-state index in [1.165, 1.54) is 19.6 Å². The van der Waals surface area contributed by atoms with Crippen LogP contribution in [0.4, 0.5) is 0 Å². The molecule has 8 atom stereocenters. The molecule has 0 bridgehead atoms. The van der Waals surface area contributed by atoms with E-state index in [0.29, 0.717) is 22.3 Å². The Morgan fingerprint density at radius 3 is 1.68 bits per heavy atom. The molecule has 4 saturated heterocycles. The summed E-state index contributed by atoms with van der Waals surface area (Å²) in [6.45, 7) is 8.60. The van der Waals surface area contributed by atoms with Gasteiger partial charge in [-0.2, -0.15) is 0 Å². The molecule has 19 heteroatoms. The van der Waals surface area contributed by atoms with E-state index < -0.39 is 42.3 Å². The van der Waals surface area contributed by atoms with Crippen molar-refractivity contribution < 1.29 is 43.1 Å². The number of aliphatic hydroxyl groups excluding tert-OH is 1. The summed E-state index contributed by atoms with van der Waals surface area (Å²) >= 11 is 12.1. The van der Waals surface area contributed by atoms with Gasteiger partial charge in [0.15, 0.2) is 45.6 Å². The Kier molecular flexibility index (Phi) is 8.33. The fourth-order valence-corrected chi connectivity index (χ4v) is 6.62. The molecular weight excluding hydrogens is 663 g/mol. The van der Waals surface area contributed by atoms with Gasteiger partial charge in [-0.1, -0.05) is 23.2 Å². The molecule has 4 aromatic rings. The zero-order valence-electron chi connectivity index (χ0n) is 25.9. The van der Waals surface area contributed by atoms with Gasteiger partial charge in [0.2, 0.25) is 0 Å². The van der Waals surface area contributed by atoms with E-state index in [1.54, 1.807) is 21.8 Å². The number of aromatic nitrogens is 8. The number of hydrogen-bond donors (Lipinski definition) is 1. The van der Waals surface area contributed by atoms with Crippen LogP contribution in [-0.4, -0.2) is 112 Å². The first-order chi connectivity index (χ1) is 22.4. The summed E-state index contributed by atoms with van der Waals surface area (Å²) < 4.78 is 44.3. The Balaban J connectivity index is 0.000000151. The number of aliphatic hydroxyl groups is 1. The molecule has 8 heterocycles. The predicted octanol–water partition coefficient (Wildman–Crippen LogP) is 2.35. The van der Waals surface area contributed by atoms with Crippen molar-refractivity contribution in [2.24, 2.45) is 0 Å². The van der Waals surface area contributed by atoms with Crippen molar-refractivity contribution in [2.75, 3.05) is 13.2 Å². The standard InChI is InChI=1S/C15H17ClN4O5.C13H15ClN4O4/c1-7(21)22-4-8-10-11(25-15(2,3)24-10)14(23-8)20-6-19-9-12(16)17-5-18-13(9)20;1-13(2)21-8-6(3-19)20-12(9(8)22-13)18-5-17-7-10(14)15-4-16-11(7)18/h5-6,8,10-11,14H,4H2,1-3H3;4-6,8-9,12,19H,3H2,1-2H3/t8-,10-,11-,14-;6-,8-,9-,12-/m11/s1. The molecule has 0 unspecified atom stereocenters. The molecule has 0 aliphatic carbocycles. The normalized spacial score (nSPS) is 31.9.